The molecule has 0 amide bonds. The molecule has 56 valence electrons. The Morgan fingerprint density at radius 3 is 2.44 bits per heavy atom. The van der Waals surface area contributed by atoms with Crippen molar-refractivity contribution in [2.75, 3.05) is 26.4 Å². The number of carbonyl (C=O) groups is 1. The Hall–Kier alpha value is 0.270. The number of thioether (sulfide) groups is 1. The molecule has 0 unspecified atom stereocenters. The number of halogens is 1. The summed E-state index contributed by atoms with van der Waals surface area (Å²) in [6.45, 7) is 0.976. The summed E-state index contributed by atoms with van der Waals surface area (Å²) < 4.78 is 0. The monoisotopic (exact) mass is 169 g/mol. The van der Waals surface area contributed by atoms with Crippen LogP contribution in [0.3, 0.4) is 0 Å². The van der Waals surface area contributed by atoms with Crippen LogP contribution < -0.4 is 0 Å². The zero-order valence-electron chi connectivity index (χ0n) is 5.66. The lowest BCUT2D eigenvalue weighted by molar-refractivity contribution is 0.437. The Labute approximate surface area is 66.4 Å². The average Bonchev–Trinajstić information content (AvgIpc) is 1.66. The molecule has 0 aromatic heterocycles. The minimum absolute atomic E-state index is 0. The quantitative estimate of drug-likeness (QED) is 0.461. The van der Waals surface area contributed by atoms with E-state index < -0.39 is 0 Å². The Kier molecular flexibility index (Phi) is 11.0. The van der Waals surface area contributed by atoms with Crippen molar-refractivity contribution < 1.29 is 4.79 Å². The number of hydrogen-bond acceptors (Lipinski definition) is 3. The lowest BCUT2D eigenvalue weighted by Crippen LogP contribution is -2.14. The Bertz CT molecular complexity index is 70.0. The predicted octanol–water partition coefficient (Wildman–Crippen LogP) is 0.893. The Morgan fingerprint density at radius 2 is 2.11 bits per heavy atom. The first-order valence-electron chi connectivity index (χ1n) is 2.47. The first-order valence-corrected chi connectivity index (χ1v) is 3.52. The zero-order chi connectivity index (χ0) is 6.41. The smallest absolute Gasteiger partial charge is 0.176 e. The van der Waals surface area contributed by atoms with E-state index in [1.807, 2.05) is 14.1 Å². The third kappa shape index (κ3) is 11.7. The van der Waals surface area contributed by atoms with Crippen LogP contribution in [0.4, 0.5) is 0 Å². The van der Waals surface area contributed by atoms with Gasteiger partial charge in [-0.2, -0.15) is 0 Å². The van der Waals surface area contributed by atoms with Gasteiger partial charge in [0.1, 0.15) is 0 Å². The number of nitrogens with zero attached hydrogens (tertiary/aromatic N) is 1. The van der Waals surface area contributed by atoms with Crippen molar-refractivity contribution in [3.63, 3.8) is 0 Å². The number of rotatable bonds is 4. The summed E-state index contributed by atoms with van der Waals surface area (Å²) >= 11 is 1.31. The van der Waals surface area contributed by atoms with E-state index in [0.717, 1.165) is 17.9 Å². The standard InChI is InChI=1S/C5H11NOS.ClH/c1-6(2)3-4-8-5-7;/h5H,3-4H2,1-2H3;1H. The fourth-order valence-electron chi connectivity index (χ4n) is 0.283. The highest BCUT2D eigenvalue weighted by Crippen LogP contribution is 1.91. The van der Waals surface area contributed by atoms with Gasteiger partial charge in [-0.05, 0) is 14.1 Å². The maximum atomic E-state index is 9.73. The normalized spacial score (nSPS) is 8.78. The molecule has 0 rings (SSSR count). The van der Waals surface area contributed by atoms with Crippen LogP contribution in [-0.2, 0) is 4.79 Å². The molecule has 0 fully saturated rings. The van der Waals surface area contributed by atoms with Crippen molar-refractivity contribution in [3.05, 3.63) is 0 Å². The van der Waals surface area contributed by atoms with E-state index in [1.54, 1.807) is 0 Å². The molecule has 0 aliphatic carbocycles. The highest BCUT2D eigenvalue weighted by atomic mass is 35.5. The Balaban J connectivity index is 0. The summed E-state index contributed by atoms with van der Waals surface area (Å²) in [5.41, 5.74) is 0.878. The van der Waals surface area contributed by atoms with E-state index in [4.69, 9.17) is 0 Å². The molecule has 0 aromatic carbocycles. The van der Waals surface area contributed by atoms with Crippen molar-refractivity contribution in [1.82, 2.24) is 4.90 Å². The third-order valence-electron chi connectivity index (χ3n) is 0.724. The molecule has 0 aliphatic rings. The van der Waals surface area contributed by atoms with Gasteiger partial charge in [0, 0.05) is 12.3 Å². The van der Waals surface area contributed by atoms with Gasteiger partial charge in [0.2, 0.25) is 0 Å². The molecular formula is C5H12ClNOS. The molecule has 0 spiro atoms. The molecular weight excluding hydrogens is 158 g/mol. The van der Waals surface area contributed by atoms with Gasteiger partial charge >= 0.3 is 0 Å². The van der Waals surface area contributed by atoms with E-state index >= 15 is 0 Å². The SMILES string of the molecule is CN(C)CCSC=O.Cl. The highest BCUT2D eigenvalue weighted by Gasteiger charge is 1.86. The van der Waals surface area contributed by atoms with Crippen LogP contribution >= 0.6 is 24.2 Å². The average molecular weight is 170 g/mol. The van der Waals surface area contributed by atoms with E-state index in [-0.39, 0.29) is 12.4 Å². The molecule has 0 radical (unpaired) electrons. The van der Waals surface area contributed by atoms with Crippen molar-refractivity contribution in [2.24, 2.45) is 0 Å². The molecule has 2 nitrogen and oxygen atoms in total. The molecule has 0 N–H and O–H groups in total. The van der Waals surface area contributed by atoms with Gasteiger partial charge in [-0.15, -0.1) is 12.4 Å². The van der Waals surface area contributed by atoms with Crippen LogP contribution in [0.25, 0.3) is 0 Å². The first kappa shape index (κ1) is 12.0. The fourth-order valence-corrected chi connectivity index (χ4v) is 0.850. The second-order valence-electron chi connectivity index (χ2n) is 1.77. The van der Waals surface area contributed by atoms with Gasteiger partial charge in [-0.25, -0.2) is 0 Å². The van der Waals surface area contributed by atoms with Crippen LogP contribution in [0.15, 0.2) is 0 Å². The van der Waals surface area contributed by atoms with Crippen LogP contribution in [0.1, 0.15) is 0 Å². The second kappa shape index (κ2) is 8.27. The second-order valence-corrected chi connectivity index (χ2v) is 2.70. The van der Waals surface area contributed by atoms with Crippen LogP contribution in [0, 0.1) is 0 Å². The predicted molar refractivity (Wildman–Crippen MR) is 45.0 cm³/mol. The summed E-state index contributed by atoms with van der Waals surface area (Å²) in [6.07, 6.45) is 0. The summed E-state index contributed by atoms with van der Waals surface area (Å²) in [5, 5.41) is 0. The van der Waals surface area contributed by atoms with Crippen molar-refractivity contribution in [2.45, 2.75) is 0 Å². The van der Waals surface area contributed by atoms with E-state index in [9.17, 15) is 4.79 Å². The fraction of sp³-hybridized carbons (Fsp3) is 0.800. The lowest BCUT2D eigenvalue weighted by Gasteiger charge is -2.05. The summed E-state index contributed by atoms with van der Waals surface area (Å²) in [7, 11) is 3.98. The summed E-state index contributed by atoms with van der Waals surface area (Å²) in [6, 6.07) is 0. The molecule has 0 saturated carbocycles. The van der Waals surface area contributed by atoms with Crippen molar-refractivity contribution >= 4 is 29.8 Å². The summed E-state index contributed by atoms with van der Waals surface area (Å²) in [5.74, 6) is 0.899. The van der Waals surface area contributed by atoms with E-state index in [0.29, 0.717) is 0 Å². The van der Waals surface area contributed by atoms with Gasteiger partial charge in [0.25, 0.3) is 0 Å². The molecule has 4 heteroatoms. The van der Waals surface area contributed by atoms with Crippen molar-refractivity contribution in [1.29, 1.82) is 0 Å². The molecule has 9 heavy (non-hydrogen) atoms. The topological polar surface area (TPSA) is 20.3 Å². The summed E-state index contributed by atoms with van der Waals surface area (Å²) in [4.78, 5) is 11.8. The van der Waals surface area contributed by atoms with Crippen LogP contribution in [0.2, 0.25) is 0 Å². The molecule has 0 bridgehead atoms. The van der Waals surface area contributed by atoms with Gasteiger partial charge in [0.15, 0.2) is 5.62 Å². The lowest BCUT2D eigenvalue weighted by atomic mass is 10.7. The van der Waals surface area contributed by atoms with Gasteiger partial charge in [-0.1, -0.05) is 11.8 Å². The largest absolute Gasteiger partial charge is 0.309 e. The molecule has 0 aromatic rings. The minimum Gasteiger partial charge on any atom is -0.309 e. The van der Waals surface area contributed by atoms with Crippen molar-refractivity contribution in [3.8, 4) is 0 Å². The van der Waals surface area contributed by atoms with Gasteiger partial charge in [0.05, 0.1) is 0 Å². The molecule has 0 aliphatic heterocycles. The number of hydrogen-bond donors (Lipinski definition) is 0. The van der Waals surface area contributed by atoms with Crippen LogP contribution in [0.5, 0.6) is 0 Å². The molecule has 0 heterocycles. The van der Waals surface area contributed by atoms with Gasteiger partial charge in [-0.3, -0.25) is 4.79 Å². The molecule has 0 saturated heterocycles. The van der Waals surface area contributed by atoms with E-state index in [1.165, 1.54) is 11.8 Å². The maximum Gasteiger partial charge on any atom is 0.176 e. The Morgan fingerprint density at radius 1 is 1.56 bits per heavy atom. The minimum atomic E-state index is 0. The van der Waals surface area contributed by atoms with Gasteiger partial charge < -0.3 is 4.90 Å². The van der Waals surface area contributed by atoms with Crippen LogP contribution in [-0.4, -0.2) is 36.9 Å². The highest BCUT2D eigenvalue weighted by molar-refractivity contribution is 8.11. The molecule has 0 atom stereocenters. The first-order chi connectivity index (χ1) is 3.77. The zero-order valence-corrected chi connectivity index (χ0v) is 7.30. The maximum absolute atomic E-state index is 9.73. The third-order valence-corrected chi connectivity index (χ3v) is 1.28. The number of carbonyl (C=O) groups excluding carboxylic acids is 1. The van der Waals surface area contributed by atoms with E-state index in [2.05, 4.69) is 4.90 Å².